The van der Waals surface area contributed by atoms with E-state index in [0.29, 0.717) is 6.04 Å². The first kappa shape index (κ1) is 9.99. The van der Waals surface area contributed by atoms with Gasteiger partial charge in [-0.1, -0.05) is 0 Å². The molecule has 1 atom stereocenters. The zero-order valence-corrected chi connectivity index (χ0v) is 9.70. The van der Waals surface area contributed by atoms with E-state index in [1.54, 1.807) is 17.7 Å². The highest BCUT2D eigenvalue weighted by atomic mass is 32.1. The molecule has 1 unspecified atom stereocenters. The van der Waals surface area contributed by atoms with Gasteiger partial charge < -0.3 is 10.3 Å². The smallest absolute Gasteiger partial charge is 0.110 e. The Morgan fingerprint density at radius 1 is 1.56 bits per heavy atom. The van der Waals surface area contributed by atoms with E-state index in [0.717, 1.165) is 18.2 Å². The Kier molecular flexibility index (Phi) is 2.71. The van der Waals surface area contributed by atoms with Crippen molar-refractivity contribution in [3.8, 4) is 0 Å². The Morgan fingerprint density at radius 2 is 2.50 bits per heavy atom. The number of hydrogen-bond acceptors (Lipinski definition) is 4. The van der Waals surface area contributed by atoms with Crippen LogP contribution in [0.1, 0.15) is 29.6 Å². The topological polar surface area (TPSA) is 53.6 Å². The molecule has 1 saturated carbocycles. The summed E-state index contributed by atoms with van der Waals surface area (Å²) in [5, 5.41) is 6.82. The molecule has 1 fully saturated rings. The Balaban J connectivity index is 1.66. The molecule has 2 aromatic rings. The molecule has 0 radical (unpaired) electrons. The van der Waals surface area contributed by atoms with Gasteiger partial charge in [-0.05, 0) is 18.8 Å². The molecule has 2 N–H and O–H groups in total. The van der Waals surface area contributed by atoms with Gasteiger partial charge in [-0.15, -0.1) is 11.3 Å². The fourth-order valence-electron chi connectivity index (χ4n) is 1.87. The second-order valence-electron chi connectivity index (χ2n) is 4.14. The number of H-pyrrole nitrogens is 1. The Morgan fingerprint density at radius 3 is 3.12 bits per heavy atom. The van der Waals surface area contributed by atoms with Gasteiger partial charge in [0, 0.05) is 30.0 Å². The molecular weight excluding hydrogens is 220 g/mol. The van der Waals surface area contributed by atoms with Crippen LogP contribution in [0.2, 0.25) is 0 Å². The lowest BCUT2D eigenvalue weighted by Gasteiger charge is -2.14. The van der Waals surface area contributed by atoms with E-state index in [4.69, 9.17) is 0 Å². The summed E-state index contributed by atoms with van der Waals surface area (Å²) in [6.07, 6.45) is 8.10. The number of rotatable bonds is 5. The highest BCUT2D eigenvalue weighted by molar-refractivity contribution is 7.09. The summed E-state index contributed by atoms with van der Waals surface area (Å²) in [6.45, 7) is 0.834. The van der Waals surface area contributed by atoms with Crippen molar-refractivity contribution < 1.29 is 0 Å². The van der Waals surface area contributed by atoms with Crippen molar-refractivity contribution in [2.24, 2.45) is 5.92 Å². The van der Waals surface area contributed by atoms with Crippen LogP contribution in [0.15, 0.2) is 24.1 Å². The number of aromatic nitrogens is 3. The van der Waals surface area contributed by atoms with Crippen LogP contribution < -0.4 is 5.32 Å². The molecule has 16 heavy (non-hydrogen) atoms. The number of thiazole rings is 1. The van der Waals surface area contributed by atoms with Gasteiger partial charge in [0.25, 0.3) is 0 Å². The van der Waals surface area contributed by atoms with Gasteiger partial charge in [0.05, 0.1) is 12.4 Å². The summed E-state index contributed by atoms with van der Waals surface area (Å²) in [6, 6.07) is 0.420. The Hall–Kier alpha value is -1.20. The number of nitrogens with zero attached hydrogens (tertiary/aromatic N) is 2. The third-order valence-electron chi connectivity index (χ3n) is 2.88. The molecule has 2 aromatic heterocycles. The lowest BCUT2D eigenvalue weighted by Crippen LogP contribution is -2.22. The van der Waals surface area contributed by atoms with Crippen molar-refractivity contribution in [1.82, 2.24) is 20.3 Å². The predicted octanol–water partition coefficient (Wildman–Crippen LogP) is 2.11. The zero-order chi connectivity index (χ0) is 10.8. The van der Waals surface area contributed by atoms with Crippen molar-refractivity contribution in [1.29, 1.82) is 0 Å². The van der Waals surface area contributed by atoms with Crippen molar-refractivity contribution in [2.45, 2.75) is 25.4 Å². The summed E-state index contributed by atoms with van der Waals surface area (Å²) in [5.74, 6) is 0.772. The average Bonchev–Trinajstić information content (AvgIpc) is 2.83. The third kappa shape index (κ3) is 2.15. The molecule has 3 rings (SSSR count). The molecule has 0 spiro atoms. The van der Waals surface area contributed by atoms with Crippen molar-refractivity contribution >= 4 is 11.3 Å². The van der Waals surface area contributed by atoms with E-state index >= 15 is 0 Å². The van der Waals surface area contributed by atoms with Crippen LogP contribution in [0, 0.1) is 5.92 Å². The van der Waals surface area contributed by atoms with E-state index < -0.39 is 0 Å². The first-order valence-corrected chi connectivity index (χ1v) is 6.41. The lowest BCUT2D eigenvalue weighted by atomic mass is 10.2. The fraction of sp³-hybridized carbons (Fsp3) is 0.455. The Labute approximate surface area is 98.1 Å². The van der Waals surface area contributed by atoms with E-state index in [1.165, 1.54) is 17.8 Å². The number of hydrogen-bond donors (Lipinski definition) is 2. The molecule has 1 aliphatic rings. The van der Waals surface area contributed by atoms with Gasteiger partial charge in [0.15, 0.2) is 0 Å². The number of aromatic amines is 1. The van der Waals surface area contributed by atoms with Crippen LogP contribution in [0.5, 0.6) is 0 Å². The molecule has 2 heterocycles. The maximum Gasteiger partial charge on any atom is 0.110 e. The largest absolute Gasteiger partial charge is 0.347 e. The van der Waals surface area contributed by atoms with Crippen LogP contribution >= 0.6 is 11.3 Å². The zero-order valence-electron chi connectivity index (χ0n) is 8.89. The molecule has 0 amide bonds. The average molecular weight is 234 g/mol. The van der Waals surface area contributed by atoms with Gasteiger partial charge in [-0.3, -0.25) is 0 Å². The molecule has 84 valence electrons. The molecule has 5 heteroatoms. The van der Waals surface area contributed by atoms with E-state index in [1.807, 2.05) is 17.8 Å². The van der Waals surface area contributed by atoms with Gasteiger partial charge in [0.2, 0.25) is 0 Å². The molecule has 4 nitrogen and oxygen atoms in total. The lowest BCUT2D eigenvalue weighted by molar-refractivity contribution is 0.475. The van der Waals surface area contributed by atoms with E-state index in [2.05, 4.69) is 20.3 Å². The summed E-state index contributed by atoms with van der Waals surface area (Å²) in [4.78, 5) is 11.5. The molecule has 0 aromatic carbocycles. The van der Waals surface area contributed by atoms with Crippen molar-refractivity contribution in [2.75, 3.05) is 0 Å². The highest BCUT2D eigenvalue weighted by Gasteiger charge is 2.33. The fourth-order valence-corrected chi connectivity index (χ4v) is 2.68. The Bertz CT molecular complexity index is 419. The predicted molar refractivity (Wildman–Crippen MR) is 63.0 cm³/mol. The minimum Gasteiger partial charge on any atom is -0.347 e. The van der Waals surface area contributed by atoms with Crippen LogP contribution in [-0.2, 0) is 6.54 Å². The van der Waals surface area contributed by atoms with Crippen molar-refractivity contribution in [3.05, 3.63) is 34.8 Å². The van der Waals surface area contributed by atoms with Gasteiger partial charge >= 0.3 is 0 Å². The summed E-state index contributed by atoms with van der Waals surface area (Å²) >= 11 is 1.74. The number of nitrogens with one attached hydrogen (secondary N) is 2. The highest BCUT2D eigenvalue weighted by Crippen LogP contribution is 2.41. The number of imidazole rings is 1. The van der Waals surface area contributed by atoms with Gasteiger partial charge in [0.1, 0.15) is 5.01 Å². The SMILES string of the molecule is c1csc(C(NCc2cnc[nH]2)C2CC2)n1. The summed E-state index contributed by atoms with van der Waals surface area (Å²) in [5.41, 5.74) is 1.13. The minimum absolute atomic E-state index is 0.420. The van der Waals surface area contributed by atoms with Crippen LogP contribution in [0.25, 0.3) is 0 Å². The maximum atomic E-state index is 4.41. The van der Waals surface area contributed by atoms with Crippen LogP contribution in [0.4, 0.5) is 0 Å². The molecular formula is C11H14N4S. The van der Waals surface area contributed by atoms with Crippen LogP contribution in [0.3, 0.4) is 0 Å². The summed E-state index contributed by atoms with van der Waals surface area (Å²) in [7, 11) is 0. The molecule has 0 aliphatic heterocycles. The standard InChI is InChI=1S/C11H14N4S/c1-2-8(1)10(11-13-3-4-16-11)14-6-9-5-12-7-15-9/h3-5,7-8,10,14H,1-2,6H2,(H,12,15). The monoisotopic (exact) mass is 234 g/mol. The second-order valence-corrected chi connectivity index (χ2v) is 5.07. The summed E-state index contributed by atoms with van der Waals surface area (Å²) < 4.78 is 0. The first-order valence-electron chi connectivity index (χ1n) is 5.53. The van der Waals surface area contributed by atoms with Gasteiger partial charge in [-0.25, -0.2) is 9.97 Å². The van der Waals surface area contributed by atoms with E-state index in [-0.39, 0.29) is 0 Å². The maximum absolute atomic E-state index is 4.41. The van der Waals surface area contributed by atoms with E-state index in [9.17, 15) is 0 Å². The van der Waals surface area contributed by atoms with Crippen molar-refractivity contribution in [3.63, 3.8) is 0 Å². The third-order valence-corrected chi connectivity index (χ3v) is 3.74. The minimum atomic E-state index is 0.420. The normalized spacial score (nSPS) is 17.5. The first-order chi connectivity index (χ1) is 7.93. The molecule has 0 saturated heterocycles. The van der Waals surface area contributed by atoms with Crippen LogP contribution in [-0.4, -0.2) is 15.0 Å². The van der Waals surface area contributed by atoms with Gasteiger partial charge in [-0.2, -0.15) is 0 Å². The quantitative estimate of drug-likeness (QED) is 0.833. The molecule has 0 bridgehead atoms. The molecule has 1 aliphatic carbocycles. The second kappa shape index (κ2) is 4.35.